The predicted molar refractivity (Wildman–Crippen MR) is 134 cm³/mol. The first kappa shape index (κ1) is 25.8. The Morgan fingerprint density at radius 3 is 2.62 bits per heavy atom. The van der Waals surface area contributed by atoms with Crippen molar-refractivity contribution in [2.75, 3.05) is 6.61 Å². The number of amides is 2. The van der Waals surface area contributed by atoms with Crippen LogP contribution in [0.1, 0.15) is 29.8 Å². The van der Waals surface area contributed by atoms with E-state index >= 15 is 0 Å². The number of nitrogens with zero attached hydrogens (tertiary/aromatic N) is 1. The van der Waals surface area contributed by atoms with Gasteiger partial charge in [-0.1, -0.05) is 41.0 Å². The number of hydrazine groups is 1. The second-order valence-electron chi connectivity index (χ2n) is 6.82. The van der Waals surface area contributed by atoms with E-state index in [0.29, 0.717) is 22.9 Å². The molecule has 1 unspecified atom stereocenters. The van der Waals surface area contributed by atoms with Crippen molar-refractivity contribution in [3.63, 3.8) is 0 Å². The molecule has 0 aliphatic carbocycles. The van der Waals surface area contributed by atoms with Gasteiger partial charge in [-0.25, -0.2) is 4.79 Å². The van der Waals surface area contributed by atoms with E-state index in [1.165, 1.54) is 25.1 Å². The van der Waals surface area contributed by atoms with E-state index < -0.39 is 23.9 Å². The SMILES string of the molecule is CCOc1cc(/C=C2/SC(=S)N(NC(=O)c3ccc(Cl)cc3Cl)C2=O)ccc1OC(C)C(=O)O. The van der Waals surface area contributed by atoms with Gasteiger partial charge in [-0.3, -0.25) is 15.0 Å². The molecule has 0 aromatic heterocycles. The van der Waals surface area contributed by atoms with Crippen LogP contribution in [-0.4, -0.2) is 44.9 Å². The maximum Gasteiger partial charge on any atom is 0.344 e. The Morgan fingerprint density at radius 2 is 1.97 bits per heavy atom. The van der Waals surface area contributed by atoms with Gasteiger partial charge in [0.25, 0.3) is 11.8 Å². The zero-order valence-corrected chi connectivity index (χ0v) is 21.0. The van der Waals surface area contributed by atoms with E-state index in [9.17, 15) is 14.4 Å². The zero-order chi connectivity index (χ0) is 25.0. The number of hydrogen-bond acceptors (Lipinski definition) is 7. The number of ether oxygens (including phenoxy) is 2. The largest absolute Gasteiger partial charge is 0.490 e. The van der Waals surface area contributed by atoms with Crippen molar-refractivity contribution in [2.24, 2.45) is 0 Å². The molecule has 0 spiro atoms. The van der Waals surface area contributed by atoms with Gasteiger partial charge in [0.05, 0.1) is 22.1 Å². The van der Waals surface area contributed by atoms with Gasteiger partial charge in [0.15, 0.2) is 21.9 Å². The molecule has 8 nitrogen and oxygen atoms in total. The molecule has 1 aliphatic rings. The van der Waals surface area contributed by atoms with Gasteiger partial charge < -0.3 is 14.6 Å². The Kier molecular flexibility index (Phi) is 8.42. The van der Waals surface area contributed by atoms with Crippen molar-refractivity contribution in [3.05, 3.63) is 62.5 Å². The maximum absolute atomic E-state index is 12.9. The van der Waals surface area contributed by atoms with Gasteiger partial charge in [-0.2, -0.15) is 5.01 Å². The molecule has 1 saturated heterocycles. The van der Waals surface area contributed by atoms with Crippen molar-refractivity contribution in [1.29, 1.82) is 0 Å². The third kappa shape index (κ3) is 6.01. The molecule has 0 bridgehead atoms. The quantitative estimate of drug-likeness (QED) is 0.363. The molecule has 34 heavy (non-hydrogen) atoms. The van der Waals surface area contributed by atoms with Gasteiger partial charge in [0, 0.05) is 5.02 Å². The number of nitrogens with one attached hydrogen (secondary N) is 1. The lowest BCUT2D eigenvalue weighted by Crippen LogP contribution is -2.44. The molecule has 2 aromatic rings. The van der Waals surface area contributed by atoms with Crippen LogP contribution in [0.15, 0.2) is 41.3 Å². The second-order valence-corrected chi connectivity index (χ2v) is 9.34. The Labute approximate surface area is 214 Å². The second kappa shape index (κ2) is 11.1. The first-order valence-electron chi connectivity index (χ1n) is 9.81. The third-order valence-corrected chi connectivity index (χ3v) is 6.25. The van der Waals surface area contributed by atoms with Crippen LogP contribution < -0.4 is 14.9 Å². The van der Waals surface area contributed by atoms with Gasteiger partial charge in [0.1, 0.15) is 0 Å². The van der Waals surface area contributed by atoms with Crippen molar-refractivity contribution >= 4 is 75.4 Å². The molecule has 2 amide bonds. The van der Waals surface area contributed by atoms with Crippen LogP contribution in [0.2, 0.25) is 10.0 Å². The van der Waals surface area contributed by atoms with E-state index in [1.54, 1.807) is 31.2 Å². The standard InChI is InChI=1S/C22H18Cl2N2O6S2/c1-3-31-17-8-12(4-7-16(17)32-11(2)21(29)30)9-18-20(28)26(22(33)34-18)25-19(27)14-6-5-13(23)10-15(14)24/h4-11H,3H2,1-2H3,(H,25,27)(H,29,30)/b18-9+. The first-order valence-corrected chi connectivity index (χ1v) is 11.8. The summed E-state index contributed by atoms with van der Waals surface area (Å²) in [7, 11) is 0. The number of carbonyl (C=O) groups is 3. The lowest BCUT2D eigenvalue weighted by atomic mass is 10.2. The van der Waals surface area contributed by atoms with E-state index in [-0.39, 0.29) is 25.6 Å². The van der Waals surface area contributed by atoms with E-state index in [2.05, 4.69) is 5.43 Å². The Bertz CT molecular complexity index is 1200. The highest BCUT2D eigenvalue weighted by atomic mass is 35.5. The van der Waals surface area contributed by atoms with Crippen molar-refractivity contribution in [2.45, 2.75) is 20.0 Å². The molecule has 0 radical (unpaired) electrons. The summed E-state index contributed by atoms with van der Waals surface area (Å²) in [5, 5.41) is 10.5. The van der Waals surface area contributed by atoms with Gasteiger partial charge in [0.2, 0.25) is 0 Å². The normalized spacial score (nSPS) is 15.4. The number of carboxylic acids is 1. The number of halogens is 2. The maximum atomic E-state index is 12.9. The van der Waals surface area contributed by atoms with Crippen LogP contribution in [-0.2, 0) is 9.59 Å². The highest BCUT2D eigenvalue weighted by Crippen LogP contribution is 2.35. The molecule has 2 aromatic carbocycles. The number of rotatable bonds is 8. The predicted octanol–water partition coefficient (Wildman–Crippen LogP) is 4.79. The summed E-state index contributed by atoms with van der Waals surface area (Å²) >= 11 is 18.2. The van der Waals surface area contributed by atoms with Crippen molar-refractivity contribution < 1.29 is 29.0 Å². The van der Waals surface area contributed by atoms with Crippen LogP contribution >= 0.6 is 47.2 Å². The molecule has 1 fully saturated rings. The number of aliphatic carboxylic acids is 1. The molecule has 1 heterocycles. The molecule has 1 atom stereocenters. The molecule has 0 saturated carbocycles. The minimum Gasteiger partial charge on any atom is -0.490 e. The molecule has 12 heteroatoms. The molecule has 178 valence electrons. The number of benzene rings is 2. The average molecular weight is 541 g/mol. The Hall–Kier alpha value is -2.79. The van der Waals surface area contributed by atoms with E-state index in [4.69, 9.17) is 50.0 Å². The van der Waals surface area contributed by atoms with Crippen LogP contribution in [0.25, 0.3) is 6.08 Å². The van der Waals surface area contributed by atoms with Crippen molar-refractivity contribution in [1.82, 2.24) is 10.4 Å². The molecular formula is C22H18Cl2N2O6S2. The van der Waals surface area contributed by atoms with Crippen LogP contribution in [0.4, 0.5) is 0 Å². The van der Waals surface area contributed by atoms with Gasteiger partial charge in [-0.15, -0.1) is 0 Å². The van der Waals surface area contributed by atoms with Crippen LogP contribution in [0.5, 0.6) is 11.5 Å². The molecule has 1 aliphatic heterocycles. The number of carboxylic acid groups (broad SMARTS) is 1. The smallest absolute Gasteiger partial charge is 0.344 e. The highest BCUT2D eigenvalue weighted by molar-refractivity contribution is 8.26. The van der Waals surface area contributed by atoms with Crippen LogP contribution in [0.3, 0.4) is 0 Å². The lowest BCUT2D eigenvalue weighted by molar-refractivity contribution is -0.144. The van der Waals surface area contributed by atoms with Gasteiger partial charge in [-0.05, 0) is 68.0 Å². The van der Waals surface area contributed by atoms with Crippen LogP contribution in [0, 0.1) is 0 Å². The fourth-order valence-electron chi connectivity index (χ4n) is 2.77. The zero-order valence-electron chi connectivity index (χ0n) is 17.8. The Morgan fingerprint density at radius 1 is 1.24 bits per heavy atom. The summed E-state index contributed by atoms with van der Waals surface area (Å²) in [6.45, 7) is 3.50. The fourth-order valence-corrected chi connectivity index (χ4v) is 4.45. The third-order valence-electron chi connectivity index (χ3n) is 4.40. The summed E-state index contributed by atoms with van der Waals surface area (Å²) in [6, 6.07) is 9.19. The monoisotopic (exact) mass is 540 g/mol. The number of thiocarbonyl (C=S) groups is 1. The number of thioether (sulfide) groups is 1. The summed E-state index contributed by atoms with van der Waals surface area (Å²) < 4.78 is 11.1. The number of hydrogen-bond donors (Lipinski definition) is 2. The highest BCUT2D eigenvalue weighted by Gasteiger charge is 2.34. The summed E-state index contributed by atoms with van der Waals surface area (Å²) in [5.74, 6) is -1.67. The minimum atomic E-state index is -1.11. The average Bonchev–Trinajstić information content (AvgIpc) is 3.02. The summed E-state index contributed by atoms with van der Waals surface area (Å²) in [6.07, 6.45) is 0.507. The lowest BCUT2D eigenvalue weighted by Gasteiger charge is -2.16. The summed E-state index contributed by atoms with van der Waals surface area (Å²) in [4.78, 5) is 36.8. The first-order chi connectivity index (χ1) is 16.1. The fraction of sp³-hybridized carbons (Fsp3) is 0.182. The molecular weight excluding hydrogens is 523 g/mol. The minimum absolute atomic E-state index is 0.133. The molecule has 3 rings (SSSR count). The van der Waals surface area contributed by atoms with E-state index in [1.807, 2.05) is 0 Å². The number of carbonyl (C=O) groups excluding carboxylic acids is 2. The van der Waals surface area contributed by atoms with Gasteiger partial charge >= 0.3 is 5.97 Å². The topological polar surface area (TPSA) is 105 Å². The molecule has 2 N–H and O–H groups in total. The Balaban J connectivity index is 1.80. The summed E-state index contributed by atoms with van der Waals surface area (Å²) in [5.41, 5.74) is 3.18. The van der Waals surface area contributed by atoms with Crippen molar-refractivity contribution in [3.8, 4) is 11.5 Å². The van der Waals surface area contributed by atoms with E-state index in [0.717, 1.165) is 16.8 Å².